The Balaban J connectivity index is 1.99. The summed E-state index contributed by atoms with van der Waals surface area (Å²) in [6.45, 7) is 1.38. The molecule has 0 spiro atoms. The van der Waals surface area contributed by atoms with Crippen molar-refractivity contribution in [2.75, 3.05) is 20.2 Å². The fraction of sp³-hybridized carbons (Fsp3) is 0.421. The first-order chi connectivity index (χ1) is 12.0. The summed E-state index contributed by atoms with van der Waals surface area (Å²) in [4.78, 5) is 14.0. The van der Waals surface area contributed by atoms with Gasteiger partial charge in [-0.3, -0.25) is 9.69 Å². The summed E-state index contributed by atoms with van der Waals surface area (Å²) >= 11 is 0. The number of sulfone groups is 1. The molecule has 0 saturated carbocycles. The lowest BCUT2D eigenvalue weighted by atomic mass is 10.1. The molecule has 1 aliphatic rings. The summed E-state index contributed by atoms with van der Waals surface area (Å²) in [5, 5.41) is 0.990. The van der Waals surface area contributed by atoms with Crippen LogP contribution >= 0.6 is 0 Å². The van der Waals surface area contributed by atoms with Gasteiger partial charge in [0.15, 0.2) is 9.84 Å². The Hall–Kier alpha value is -1.92. The Bertz CT molecular complexity index is 857. The smallest absolute Gasteiger partial charge is 0.308 e. The standard InChI is InChI=1S/C19H23NO4S/c1-24-19(21)14-18(20-11-5-2-6-12-20)25(22,23)17-10-9-15-7-3-4-8-16(15)13-17/h3-4,7-10,13,18H,2,5-6,11-12,14H2,1H3. The van der Waals surface area contributed by atoms with Crippen molar-refractivity contribution in [1.29, 1.82) is 0 Å². The third-order valence-corrected chi connectivity index (χ3v) is 6.87. The third kappa shape index (κ3) is 3.85. The van der Waals surface area contributed by atoms with E-state index >= 15 is 0 Å². The largest absolute Gasteiger partial charge is 0.469 e. The van der Waals surface area contributed by atoms with Gasteiger partial charge in [-0.2, -0.15) is 0 Å². The van der Waals surface area contributed by atoms with Gasteiger partial charge in [0.2, 0.25) is 0 Å². The molecule has 3 rings (SSSR count). The first-order valence-electron chi connectivity index (χ1n) is 8.56. The molecule has 0 aromatic heterocycles. The Morgan fingerprint density at radius 1 is 1.08 bits per heavy atom. The van der Waals surface area contributed by atoms with Gasteiger partial charge < -0.3 is 4.74 Å². The van der Waals surface area contributed by atoms with Gasteiger partial charge in [0.1, 0.15) is 5.37 Å². The van der Waals surface area contributed by atoms with Crippen LogP contribution in [0.5, 0.6) is 0 Å². The summed E-state index contributed by atoms with van der Waals surface area (Å²) in [7, 11) is -2.38. The summed E-state index contributed by atoms with van der Waals surface area (Å²) < 4.78 is 31.3. The fourth-order valence-electron chi connectivity index (χ4n) is 3.37. The number of methoxy groups -OCH3 is 1. The van der Waals surface area contributed by atoms with E-state index in [1.54, 1.807) is 12.1 Å². The Morgan fingerprint density at radius 2 is 1.76 bits per heavy atom. The number of carbonyl (C=O) groups is 1. The van der Waals surface area contributed by atoms with Crippen molar-refractivity contribution in [1.82, 2.24) is 4.90 Å². The molecule has 1 atom stereocenters. The maximum Gasteiger partial charge on any atom is 0.308 e. The van der Waals surface area contributed by atoms with Crippen LogP contribution in [0.2, 0.25) is 0 Å². The van der Waals surface area contributed by atoms with Gasteiger partial charge in [-0.25, -0.2) is 8.42 Å². The number of hydrogen-bond donors (Lipinski definition) is 0. The van der Waals surface area contributed by atoms with Crippen molar-refractivity contribution in [3.63, 3.8) is 0 Å². The van der Waals surface area contributed by atoms with Crippen molar-refractivity contribution >= 4 is 26.6 Å². The molecule has 0 aliphatic carbocycles. The number of piperidine rings is 1. The lowest BCUT2D eigenvalue weighted by Crippen LogP contribution is -2.45. The molecule has 1 heterocycles. The number of ether oxygens (including phenoxy) is 1. The average molecular weight is 361 g/mol. The number of benzene rings is 2. The summed E-state index contributed by atoms with van der Waals surface area (Å²) in [5.41, 5.74) is 0. The molecule has 2 aromatic carbocycles. The summed E-state index contributed by atoms with van der Waals surface area (Å²) in [6.07, 6.45) is 2.85. The molecule has 6 heteroatoms. The maximum atomic E-state index is 13.3. The van der Waals surface area contributed by atoms with Gasteiger partial charge in [-0.05, 0) is 48.8 Å². The second-order valence-electron chi connectivity index (χ2n) is 6.39. The van der Waals surface area contributed by atoms with Crippen LogP contribution in [-0.2, 0) is 19.4 Å². The van der Waals surface area contributed by atoms with Crippen LogP contribution in [-0.4, -0.2) is 44.9 Å². The van der Waals surface area contributed by atoms with Crippen LogP contribution < -0.4 is 0 Å². The molecule has 25 heavy (non-hydrogen) atoms. The normalized spacial score (nSPS) is 17.3. The van der Waals surface area contributed by atoms with E-state index < -0.39 is 21.2 Å². The average Bonchev–Trinajstić information content (AvgIpc) is 2.66. The van der Waals surface area contributed by atoms with Gasteiger partial charge in [0.05, 0.1) is 18.4 Å². The minimum atomic E-state index is -3.67. The van der Waals surface area contributed by atoms with E-state index in [1.807, 2.05) is 35.2 Å². The molecular formula is C19H23NO4S. The highest BCUT2D eigenvalue weighted by Crippen LogP contribution is 2.27. The van der Waals surface area contributed by atoms with Gasteiger partial charge in [0.25, 0.3) is 0 Å². The highest BCUT2D eigenvalue weighted by Gasteiger charge is 2.35. The second-order valence-corrected chi connectivity index (χ2v) is 8.49. The molecule has 1 fully saturated rings. The molecular weight excluding hydrogens is 338 g/mol. The monoisotopic (exact) mass is 361 g/mol. The molecule has 2 aromatic rings. The van der Waals surface area contributed by atoms with Crippen molar-refractivity contribution in [3.8, 4) is 0 Å². The Kier molecular flexibility index (Phi) is 5.39. The topological polar surface area (TPSA) is 63.7 Å². The van der Waals surface area contributed by atoms with Crippen molar-refractivity contribution in [2.45, 2.75) is 36.0 Å². The molecule has 0 bridgehead atoms. The van der Waals surface area contributed by atoms with Gasteiger partial charge in [-0.15, -0.1) is 0 Å². The first kappa shape index (κ1) is 17.9. The summed E-state index contributed by atoms with van der Waals surface area (Å²) in [5.74, 6) is -0.500. The van der Waals surface area contributed by atoms with Crippen molar-refractivity contribution in [3.05, 3.63) is 42.5 Å². The zero-order valence-corrected chi connectivity index (χ0v) is 15.2. The molecule has 5 nitrogen and oxygen atoms in total. The highest BCUT2D eigenvalue weighted by molar-refractivity contribution is 7.92. The number of likely N-dealkylation sites (tertiary alicyclic amines) is 1. The van der Waals surface area contributed by atoms with Crippen LogP contribution in [0.25, 0.3) is 10.8 Å². The number of nitrogens with zero attached hydrogens (tertiary/aromatic N) is 1. The lowest BCUT2D eigenvalue weighted by Gasteiger charge is -2.33. The molecule has 1 aliphatic heterocycles. The van der Waals surface area contributed by atoms with Crippen LogP contribution in [0.4, 0.5) is 0 Å². The SMILES string of the molecule is COC(=O)CC(N1CCCCC1)S(=O)(=O)c1ccc2ccccc2c1. The first-order valence-corrected chi connectivity index (χ1v) is 10.1. The fourth-order valence-corrected chi connectivity index (χ4v) is 5.19. The highest BCUT2D eigenvalue weighted by atomic mass is 32.2. The lowest BCUT2D eigenvalue weighted by molar-refractivity contribution is -0.141. The van der Waals surface area contributed by atoms with E-state index in [2.05, 4.69) is 0 Å². The molecule has 0 N–H and O–H groups in total. The summed E-state index contributed by atoms with van der Waals surface area (Å²) in [6, 6.07) is 12.8. The van der Waals surface area contributed by atoms with E-state index in [4.69, 9.17) is 4.74 Å². The van der Waals surface area contributed by atoms with E-state index in [1.165, 1.54) is 7.11 Å². The van der Waals surface area contributed by atoms with Gasteiger partial charge >= 0.3 is 5.97 Å². The molecule has 0 amide bonds. The molecule has 0 radical (unpaired) electrons. The molecule has 1 unspecified atom stereocenters. The zero-order chi connectivity index (χ0) is 17.9. The van der Waals surface area contributed by atoms with E-state index in [0.29, 0.717) is 13.1 Å². The van der Waals surface area contributed by atoms with Crippen LogP contribution in [0.3, 0.4) is 0 Å². The predicted octanol–water partition coefficient (Wildman–Crippen LogP) is 2.99. The van der Waals surface area contributed by atoms with E-state index in [9.17, 15) is 13.2 Å². The van der Waals surface area contributed by atoms with Crippen LogP contribution in [0.1, 0.15) is 25.7 Å². The van der Waals surface area contributed by atoms with Crippen LogP contribution in [0.15, 0.2) is 47.4 Å². The van der Waals surface area contributed by atoms with Crippen LogP contribution in [0, 0.1) is 0 Å². The zero-order valence-electron chi connectivity index (χ0n) is 14.3. The van der Waals surface area contributed by atoms with Crippen molar-refractivity contribution in [2.24, 2.45) is 0 Å². The number of esters is 1. The quantitative estimate of drug-likeness (QED) is 0.766. The van der Waals surface area contributed by atoms with E-state index in [0.717, 1.165) is 30.0 Å². The van der Waals surface area contributed by atoms with Gasteiger partial charge in [-0.1, -0.05) is 36.8 Å². The maximum absolute atomic E-state index is 13.3. The number of hydrogen-bond acceptors (Lipinski definition) is 5. The number of fused-ring (bicyclic) bond motifs is 1. The predicted molar refractivity (Wildman–Crippen MR) is 97.0 cm³/mol. The Labute approximate surface area is 148 Å². The van der Waals surface area contributed by atoms with E-state index in [-0.39, 0.29) is 11.3 Å². The minimum Gasteiger partial charge on any atom is -0.469 e. The molecule has 134 valence electrons. The third-order valence-electron chi connectivity index (χ3n) is 4.77. The number of rotatable bonds is 5. The second kappa shape index (κ2) is 7.54. The molecule has 1 saturated heterocycles. The van der Waals surface area contributed by atoms with Gasteiger partial charge in [0, 0.05) is 0 Å². The minimum absolute atomic E-state index is 0.147. The Morgan fingerprint density at radius 3 is 2.44 bits per heavy atom. The van der Waals surface area contributed by atoms with Crippen molar-refractivity contribution < 1.29 is 17.9 Å². The number of carbonyl (C=O) groups excluding carboxylic acids is 1.